The maximum atomic E-state index is 11.5. The van der Waals surface area contributed by atoms with Crippen LogP contribution in [0.3, 0.4) is 0 Å². The van der Waals surface area contributed by atoms with Gasteiger partial charge in [-0.3, -0.25) is 0 Å². The minimum atomic E-state index is -3.56. The first-order chi connectivity index (χ1) is 7.05. The van der Waals surface area contributed by atoms with E-state index in [1.54, 1.807) is 0 Å². The van der Waals surface area contributed by atoms with E-state index in [1.165, 1.54) is 33.4 Å². The van der Waals surface area contributed by atoms with E-state index in [0.29, 0.717) is 5.88 Å². The minimum Gasteiger partial charge on any atom is -0.481 e. The van der Waals surface area contributed by atoms with Crippen LogP contribution in [0.25, 0.3) is 0 Å². The van der Waals surface area contributed by atoms with Crippen molar-refractivity contribution < 1.29 is 17.9 Å². The third-order valence-corrected chi connectivity index (χ3v) is 3.19. The van der Waals surface area contributed by atoms with Crippen molar-refractivity contribution in [3.8, 4) is 11.8 Å². The van der Waals surface area contributed by atoms with E-state index >= 15 is 0 Å². The first-order valence-electron chi connectivity index (χ1n) is 4.07. The molecule has 1 aromatic rings. The Hall–Kier alpha value is -1.34. The summed E-state index contributed by atoms with van der Waals surface area (Å²) in [7, 11) is 0.542. The molecule has 1 N–H and O–H groups in total. The molecule has 0 atom stereocenters. The van der Waals surface area contributed by atoms with Gasteiger partial charge in [0.2, 0.25) is 21.8 Å². The molecule has 6 nitrogen and oxygen atoms in total. The Morgan fingerprint density at radius 2 is 1.93 bits per heavy atom. The van der Waals surface area contributed by atoms with Gasteiger partial charge in [-0.2, -0.15) is 4.98 Å². The number of ether oxygens (including phenoxy) is 2. The fourth-order valence-electron chi connectivity index (χ4n) is 0.985. The van der Waals surface area contributed by atoms with Crippen molar-refractivity contribution in [1.82, 2.24) is 9.71 Å². The number of nitrogens with zero attached hydrogens (tertiary/aromatic N) is 1. The van der Waals surface area contributed by atoms with Gasteiger partial charge in [0.15, 0.2) is 0 Å². The van der Waals surface area contributed by atoms with E-state index in [2.05, 4.69) is 9.71 Å². The molecule has 0 saturated carbocycles. The molecule has 0 spiro atoms. The largest absolute Gasteiger partial charge is 0.481 e. The summed E-state index contributed by atoms with van der Waals surface area (Å²) < 4.78 is 34.9. The monoisotopic (exact) mass is 232 g/mol. The van der Waals surface area contributed by atoms with Gasteiger partial charge >= 0.3 is 0 Å². The molecule has 7 heteroatoms. The second-order valence-corrected chi connectivity index (χ2v) is 4.42. The molecule has 0 bridgehead atoms. The summed E-state index contributed by atoms with van der Waals surface area (Å²) in [6, 6.07) is 2.82. The van der Waals surface area contributed by atoms with Gasteiger partial charge < -0.3 is 9.47 Å². The first-order valence-corrected chi connectivity index (χ1v) is 5.56. The Labute approximate surface area is 88.3 Å². The van der Waals surface area contributed by atoms with Crippen molar-refractivity contribution in [3.63, 3.8) is 0 Å². The molecule has 0 aliphatic heterocycles. The third-order valence-electron chi connectivity index (χ3n) is 1.76. The highest BCUT2D eigenvalue weighted by atomic mass is 32.2. The highest BCUT2D eigenvalue weighted by molar-refractivity contribution is 7.89. The van der Waals surface area contributed by atoms with Crippen molar-refractivity contribution in [2.75, 3.05) is 21.3 Å². The predicted molar refractivity (Wildman–Crippen MR) is 53.6 cm³/mol. The Kier molecular flexibility index (Phi) is 3.48. The van der Waals surface area contributed by atoms with E-state index < -0.39 is 10.0 Å². The van der Waals surface area contributed by atoms with Gasteiger partial charge in [-0.1, -0.05) is 0 Å². The third kappa shape index (κ3) is 2.37. The molecule has 0 unspecified atom stereocenters. The molecule has 0 aliphatic carbocycles. The van der Waals surface area contributed by atoms with Gasteiger partial charge in [-0.25, -0.2) is 13.1 Å². The smallest absolute Gasteiger partial charge is 0.245 e. The van der Waals surface area contributed by atoms with Crippen molar-refractivity contribution >= 4 is 10.0 Å². The summed E-state index contributed by atoms with van der Waals surface area (Å²) in [5.41, 5.74) is 0. The van der Waals surface area contributed by atoms with Crippen LogP contribution in [0, 0.1) is 0 Å². The van der Waals surface area contributed by atoms with Gasteiger partial charge in [0.1, 0.15) is 4.90 Å². The zero-order valence-corrected chi connectivity index (χ0v) is 9.46. The summed E-state index contributed by atoms with van der Waals surface area (Å²) in [6.45, 7) is 0. The van der Waals surface area contributed by atoms with Crippen LogP contribution in [-0.2, 0) is 10.0 Å². The fourth-order valence-corrected chi connectivity index (χ4v) is 1.81. The molecular weight excluding hydrogens is 220 g/mol. The molecule has 15 heavy (non-hydrogen) atoms. The van der Waals surface area contributed by atoms with Crippen molar-refractivity contribution in [1.29, 1.82) is 0 Å². The van der Waals surface area contributed by atoms with Crippen LogP contribution in [0.1, 0.15) is 0 Å². The number of hydrogen-bond donors (Lipinski definition) is 1. The van der Waals surface area contributed by atoms with Crippen molar-refractivity contribution in [2.45, 2.75) is 4.90 Å². The average molecular weight is 232 g/mol. The van der Waals surface area contributed by atoms with Crippen LogP contribution in [0.15, 0.2) is 17.0 Å². The Balaban J connectivity index is 3.31. The van der Waals surface area contributed by atoms with Crippen LogP contribution >= 0.6 is 0 Å². The summed E-state index contributed by atoms with van der Waals surface area (Å²) in [5.74, 6) is 0.297. The van der Waals surface area contributed by atoms with Gasteiger partial charge in [-0.15, -0.1) is 0 Å². The second-order valence-electron chi connectivity index (χ2n) is 2.57. The fraction of sp³-hybridized carbons (Fsp3) is 0.375. The lowest BCUT2D eigenvalue weighted by Gasteiger charge is -2.08. The number of methoxy groups -OCH3 is 2. The summed E-state index contributed by atoms with van der Waals surface area (Å²) >= 11 is 0. The first kappa shape index (κ1) is 11.7. The highest BCUT2D eigenvalue weighted by Gasteiger charge is 2.19. The predicted octanol–water partition coefficient (Wildman–Crippen LogP) is 0.00690. The Morgan fingerprint density at radius 3 is 2.40 bits per heavy atom. The normalized spacial score (nSPS) is 11.1. The van der Waals surface area contributed by atoms with Crippen LogP contribution in [0.5, 0.6) is 11.8 Å². The zero-order valence-electron chi connectivity index (χ0n) is 8.64. The van der Waals surface area contributed by atoms with Crippen molar-refractivity contribution in [2.24, 2.45) is 0 Å². The zero-order chi connectivity index (χ0) is 11.5. The molecule has 0 saturated heterocycles. The lowest BCUT2D eigenvalue weighted by atomic mass is 10.5. The number of nitrogens with one attached hydrogen (secondary N) is 1. The van der Waals surface area contributed by atoms with Crippen LogP contribution < -0.4 is 14.2 Å². The van der Waals surface area contributed by atoms with E-state index in [1.807, 2.05) is 0 Å². The Morgan fingerprint density at radius 1 is 1.27 bits per heavy atom. The van der Waals surface area contributed by atoms with Crippen LogP contribution in [0.4, 0.5) is 0 Å². The van der Waals surface area contributed by atoms with E-state index in [-0.39, 0.29) is 10.8 Å². The Bertz CT molecular complexity index is 444. The summed E-state index contributed by atoms with van der Waals surface area (Å²) in [6.07, 6.45) is 0. The molecular formula is C8H12N2O4S. The van der Waals surface area contributed by atoms with Gasteiger partial charge in [-0.05, 0) is 13.1 Å². The molecule has 1 heterocycles. The molecule has 0 radical (unpaired) electrons. The number of aromatic nitrogens is 1. The van der Waals surface area contributed by atoms with E-state index in [0.717, 1.165) is 0 Å². The highest BCUT2D eigenvalue weighted by Crippen LogP contribution is 2.23. The van der Waals surface area contributed by atoms with Crippen molar-refractivity contribution in [3.05, 3.63) is 12.1 Å². The lowest BCUT2D eigenvalue weighted by molar-refractivity contribution is 0.356. The van der Waals surface area contributed by atoms with Crippen LogP contribution in [0.2, 0.25) is 0 Å². The molecule has 0 aliphatic rings. The number of hydrogen-bond acceptors (Lipinski definition) is 5. The van der Waals surface area contributed by atoms with Crippen LogP contribution in [-0.4, -0.2) is 34.7 Å². The lowest BCUT2D eigenvalue weighted by Crippen LogP contribution is -2.19. The topological polar surface area (TPSA) is 77.5 Å². The second kappa shape index (κ2) is 4.45. The molecule has 0 aromatic carbocycles. The standard InChI is InChI=1S/C8H12N2O4S/c1-9-15(11,12)6-4-5-7(13-2)10-8(6)14-3/h4-5,9H,1-3H3. The molecule has 1 aromatic heterocycles. The minimum absolute atomic E-state index is 0.00343. The summed E-state index contributed by atoms with van der Waals surface area (Å²) in [5, 5.41) is 0. The van der Waals surface area contributed by atoms with E-state index in [9.17, 15) is 8.42 Å². The molecule has 1 rings (SSSR count). The molecule has 0 fully saturated rings. The summed E-state index contributed by atoms with van der Waals surface area (Å²) in [4.78, 5) is 3.84. The maximum absolute atomic E-state index is 11.5. The average Bonchev–Trinajstić information content (AvgIpc) is 2.28. The number of rotatable bonds is 4. The van der Waals surface area contributed by atoms with Gasteiger partial charge in [0, 0.05) is 6.07 Å². The molecule has 0 amide bonds. The van der Waals surface area contributed by atoms with Gasteiger partial charge in [0.05, 0.1) is 14.2 Å². The SMILES string of the molecule is CNS(=O)(=O)c1ccc(OC)nc1OC. The van der Waals surface area contributed by atoms with Gasteiger partial charge in [0.25, 0.3) is 0 Å². The maximum Gasteiger partial charge on any atom is 0.245 e. The van der Waals surface area contributed by atoms with E-state index in [4.69, 9.17) is 9.47 Å². The number of sulfonamides is 1. The quantitative estimate of drug-likeness (QED) is 0.791. The molecule has 84 valence electrons. The number of pyridine rings is 1.